The van der Waals surface area contributed by atoms with Crippen molar-refractivity contribution in [3.63, 3.8) is 0 Å². The normalized spacial score (nSPS) is 36.9. The molecule has 3 heteroatoms. The Balaban J connectivity index is 1.97. The highest BCUT2D eigenvalue weighted by Crippen LogP contribution is 2.29. The van der Waals surface area contributed by atoms with E-state index in [4.69, 9.17) is 14.2 Å². The van der Waals surface area contributed by atoms with Gasteiger partial charge in [-0.15, -0.1) is 0 Å². The Hall–Kier alpha value is -0.120. The van der Waals surface area contributed by atoms with Crippen LogP contribution in [-0.4, -0.2) is 32.2 Å². The van der Waals surface area contributed by atoms with Crippen molar-refractivity contribution >= 4 is 0 Å². The highest BCUT2D eigenvalue weighted by Gasteiger charge is 2.33. The highest BCUT2D eigenvalue weighted by atomic mass is 16.7. The zero-order chi connectivity index (χ0) is 8.99. The molecular formula is C10H18O3. The number of rotatable bonds is 0. The summed E-state index contributed by atoms with van der Waals surface area (Å²) in [6.07, 6.45) is 5.89. The van der Waals surface area contributed by atoms with Crippen LogP contribution in [0.15, 0.2) is 0 Å². The molecular weight excluding hydrogens is 168 g/mol. The van der Waals surface area contributed by atoms with Gasteiger partial charge in [0.1, 0.15) is 6.79 Å². The van der Waals surface area contributed by atoms with Crippen LogP contribution < -0.4 is 0 Å². The molecule has 0 saturated carbocycles. The summed E-state index contributed by atoms with van der Waals surface area (Å²) >= 11 is 0. The van der Waals surface area contributed by atoms with E-state index < -0.39 is 0 Å². The average molecular weight is 186 g/mol. The fraction of sp³-hybridized carbons (Fsp3) is 1.00. The predicted molar refractivity (Wildman–Crippen MR) is 48.5 cm³/mol. The smallest absolute Gasteiger partial charge is 0.146 e. The Morgan fingerprint density at radius 2 is 1.85 bits per heavy atom. The Bertz CT molecular complexity index is 121. The van der Waals surface area contributed by atoms with E-state index in [1.165, 1.54) is 19.3 Å². The van der Waals surface area contributed by atoms with Crippen molar-refractivity contribution in [2.75, 3.05) is 26.6 Å². The van der Waals surface area contributed by atoms with Gasteiger partial charge >= 0.3 is 0 Å². The van der Waals surface area contributed by atoms with E-state index in [9.17, 15) is 0 Å². The van der Waals surface area contributed by atoms with Crippen molar-refractivity contribution in [1.29, 1.82) is 0 Å². The first-order chi connectivity index (χ1) is 6.41. The molecule has 0 N–H and O–H groups in total. The van der Waals surface area contributed by atoms with Gasteiger partial charge in [-0.3, -0.25) is 0 Å². The Morgan fingerprint density at radius 3 is 2.85 bits per heavy atom. The molecule has 1 unspecified atom stereocenters. The first kappa shape index (κ1) is 9.44. The van der Waals surface area contributed by atoms with Gasteiger partial charge in [0.2, 0.25) is 0 Å². The van der Waals surface area contributed by atoms with Crippen LogP contribution >= 0.6 is 0 Å². The van der Waals surface area contributed by atoms with Crippen LogP contribution in [0.4, 0.5) is 0 Å². The number of ether oxygens (including phenoxy) is 3. The van der Waals surface area contributed by atoms with Gasteiger partial charge in [-0.1, -0.05) is 12.8 Å². The lowest BCUT2D eigenvalue weighted by Crippen LogP contribution is -2.37. The third kappa shape index (κ3) is 2.42. The summed E-state index contributed by atoms with van der Waals surface area (Å²) in [4.78, 5) is 0. The van der Waals surface area contributed by atoms with Gasteiger partial charge in [0, 0.05) is 13.0 Å². The minimum Gasteiger partial charge on any atom is -0.373 e. The summed E-state index contributed by atoms with van der Waals surface area (Å²) in [6, 6.07) is 0. The largest absolute Gasteiger partial charge is 0.373 e. The maximum atomic E-state index is 5.91. The van der Waals surface area contributed by atoms with Crippen molar-refractivity contribution in [2.24, 2.45) is 0 Å². The van der Waals surface area contributed by atoms with Gasteiger partial charge in [0.15, 0.2) is 0 Å². The van der Waals surface area contributed by atoms with Gasteiger partial charge in [0.05, 0.1) is 18.8 Å². The van der Waals surface area contributed by atoms with Crippen LogP contribution in [0.5, 0.6) is 0 Å². The molecule has 2 aliphatic rings. The van der Waals surface area contributed by atoms with Crippen molar-refractivity contribution < 1.29 is 14.2 Å². The van der Waals surface area contributed by atoms with E-state index in [0.717, 1.165) is 26.1 Å². The fourth-order valence-electron chi connectivity index (χ4n) is 2.07. The third-order valence-corrected chi connectivity index (χ3v) is 2.92. The molecule has 13 heavy (non-hydrogen) atoms. The molecule has 3 nitrogen and oxygen atoms in total. The second-order valence-corrected chi connectivity index (χ2v) is 3.97. The van der Waals surface area contributed by atoms with Crippen LogP contribution in [0.3, 0.4) is 0 Å². The molecule has 0 amide bonds. The number of hydrogen-bond acceptors (Lipinski definition) is 3. The number of hydrogen-bond donors (Lipinski definition) is 0. The lowest BCUT2D eigenvalue weighted by Gasteiger charge is -2.29. The van der Waals surface area contributed by atoms with Gasteiger partial charge in [-0.2, -0.15) is 0 Å². The Kier molecular flexibility index (Phi) is 3.19. The van der Waals surface area contributed by atoms with Gasteiger partial charge in [-0.05, 0) is 12.8 Å². The standard InChI is InChI=1S/C10H18O3/c1-2-4-10(13-6-3-1)5-7-11-9-12-8-10/h1-9H2. The average Bonchev–Trinajstić information content (AvgIpc) is 2.50. The fourth-order valence-corrected chi connectivity index (χ4v) is 2.07. The monoisotopic (exact) mass is 186 g/mol. The maximum absolute atomic E-state index is 5.91. The molecule has 0 radical (unpaired) electrons. The molecule has 0 aromatic rings. The van der Waals surface area contributed by atoms with Gasteiger partial charge in [-0.25, -0.2) is 0 Å². The van der Waals surface area contributed by atoms with E-state index in [1.54, 1.807) is 0 Å². The summed E-state index contributed by atoms with van der Waals surface area (Å²) in [6.45, 7) is 2.82. The first-order valence-corrected chi connectivity index (χ1v) is 5.21. The topological polar surface area (TPSA) is 27.7 Å². The summed E-state index contributed by atoms with van der Waals surface area (Å²) in [7, 11) is 0. The molecule has 0 aromatic heterocycles. The lowest BCUT2D eigenvalue weighted by atomic mass is 9.94. The van der Waals surface area contributed by atoms with Gasteiger partial charge < -0.3 is 14.2 Å². The maximum Gasteiger partial charge on any atom is 0.146 e. The second-order valence-electron chi connectivity index (χ2n) is 3.97. The minimum atomic E-state index is -0.0208. The molecule has 1 spiro atoms. The van der Waals surface area contributed by atoms with Crippen LogP contribution in [0.2, 0.25) is 0 Å². The third-order valence-electron chi connectivity index (χ3n) is 2.92. The lowest BCUT2D eigenvalue weighted by molar-refractivity contribution is -0.100. The summed E-state index contributed by atoms with van der Waals surface area (Å²) < 4.78 is 16.6. The first-order valence-electron chi connectivity index (χ1n) is 5.21. The second kappa shape index (κ2) is 4.40. The van der Waals surface area contributed by atoms with Crippen molar-refractivity contribution in [1.82, 2.24) is 0 Å². The predicted octanol–water partition coefficient (Wildman–Crippen LogP) is 1.71. The van der Waals surface area contributed by atoms with E-state index >= 15 is 0 Å². The van der Waals surface area contributed by atoms with Crippen molar-refractivity contribution in [3.05, 3.63) is 0 Å². The van der Waals surface area contributed by atoms with Crippen LogP contribution in [-0.2, 0) is 14.2 Å². The van der Waals surface area contributed by atoms with Crippen molar-refractivity contribution in [3.8, 4) is 0 Å². The SMILES string of the molecule is C1CCOC2(CC1)CCOCOC2. The van der Waals surface area contributed by atoms with E-state index in [2.05, 4.69) is 0 Å². The molecule has 1 atom stereocenters. The quantitative estimate of drug-likeness (QED) is 0.576. The van der Waals surface area contributed by atoms with Crippen LogP contribution in [0.1, 0.15) is 32.1 Å². The van der Waals surface area contributed by atoms with E-state index in [0.29, 0.717) is 13.4 Å². The Morgan fingerprint density at radius 1 is 0.846 bits per heavy atom. The summed E-state index contributed by atoms with van der Waals surface area (Å²) in [5, 5.41) is 0. The molecule has 0 aromatic carbocycles. The van der Waals surface area contributed by atoms with E-state index in [1.807, 2.05) is 0 Å². The summed E-state index contributed by atoms with van der Waals surface area (Å²) in [5.74, 6) is 0. The molecule has 2 heterocycles. The zero-order valence-electron chi connectivity index (χ0n) is 8.09. The molecule has 0 aliphatic carbocycles. The highest BCUT2D eigenvalue weighted by molar-refractivity contribution is 4.83. The molecule has 76 valence electrons. The molecule has 2 saturated heterocycles. The van der Waals surface area contributed by atoms with Crippen LogP contribution in [0, 0.1) is 0 Å². The van der Waals surface area contributed by atoms with E-state index in [-0.39, 0.29) is 5.60 Å². The molecule has 2 rings (SSSR count). The minimum absolute atomic E-state index is 0.0208. The zero-order valence-corrected chi connectivity index (χ0v) is 8.09. The molecule has 0 bridgehead atoms. The Labute approximate surface area is 79.4 Å². The molecule has 2 fully saturated rings. The van der Waals surface area contributed by atoms with Gasteiger partial charge in [0.25, 0.3) is 0 Å². The molecule has 2 aliphatic heterocycles. The van der Waals surface area contributed by atoms with Crippen molar-refractivity contribution in [2.45, 2.75) is 37.7 Å². The summed E-state index contributed by atoms with van der Waals surface area (Å²) in [5.41, 5.74) is -0.0208. The van der Waals surface area contributed by atoms with Crippen LogP contribution in [0.25, 0.3) is 0 Å².